The van der Waals surface area contributed by atoms with Crippen LogP contribution in [0.1, 0.15) is 60.5 Å². The molecule has 1 aromatic rings. The molecular weight excluding hydrogens is 441 g/mol. The van der Waals surface area contributed by atoms with Crippen LogP contribution in [0.25, 0.3) is 0 Å². The van der Waals surface area contributed by atoms with E-state index in [9.17, 15) is 27.6 Å². The van der Waals surface area contributed by atoms with Crippen LogP contribution in [0.4, 0.5) is 23.7 Å². The number of nitrogens with one attached hydrogen (secondary N) is 1. The fraction of sp³-hybridized carbons (Fsp3) is 0.609. The van der Waals surface area contributed by atoms with Crippen molar-refractivity contribution >= 4 is 23.7 Å². The molecule has 186 valence electrons. The highest BCUT2D eigenvalue weighted by molar-refractivity contribution is 5.90. The van der Waals surface area contributed by atoms with Crippen LogP contribution in [-0.4, -0.2) is 47.2 Å². The fourth-order valence-electron chi connectivity index (χ4n) is 2.86. The van der Waals surface area contributed by atoms with Crippen molar-refractivity contribution in [2.45, 2.75) is 78.8 Å². The number of esters is 1. The average Bonchev–Trinajstić information content (AvgIpc) is 2.62. The SMILES string of the molecule is CC(C)CC(OC(=O)Nc1ccc(C(F)(F)F)cc1)C(=O)N(CC(=O)OC(C)(C)C)C(C)C. The predicted octanol–water partition coefficient (Wildman–Crippen LogP) is 5.25. The summed E-state index contributed by atoms with van der Waals surface area (Å²) in [6.07, 6.45) is -6.49. The number of anilines is 1. The van der Waals surface area contributed by atoms with Gasteiger partial charge in [0.1, 0.15) is 12.1 Å². The number of nitrogens with zero attached hydrogens (tertiary/aromatic N) is 1. The van der Waals surface area contributed by atoms with Gasteiger partial charge in [0.2, 0.25) is 0 Å². The molecule has 0 saturated carbocycles. The van der Waals surface area contributed by atoms with Gasteiger partial charge in [-0.2, -0.15) is 13.2 Å². The number of ether oxygens (including phenoxy) is 2. The van der Waals surface area contributed by atoms with Crippen LogP contribution in [0.15, 0.2) is 24.3 Å². The minimum atomic E-state index is -4.50. The highest BCUT2D eigenvalue weighted by Crippen LogP contribution is 2.29. The van der Waals surface area contributed by atoms with E-state index in [4.69, 9.17) is 9.47 Å². The Morgan fingerprint density at radius 3 is 1.97 bits per heavy atom. The number of halogens is 3. The standard InChI is InChI=1S/C23H33F3N2O5/c1-14(2)12-18(20(30)28(15(3)4)13-19(29)33-22(5,6)7)32-21(31)27-17-10-8-16(9-11-17)23(24,25)26/h8-11,14-15,18H,12-13H2,1-7H3,(H,27,31). The molecule has 0 aliphatic rings. The Balaban J connectivity index is 2.94. The number of carbonyl (C=O) groups excluding carboxylic acids is 3. The van der Waals surface area contributed by atoms with E-state index in [-0.39, 0.29) is 30.6 Å². The van der Waals surface area contributed by atoms with E-state index in [1.165, 1.54) is 4.90 Å². The van der Waals surface area contributed by atoms with Crippen LogP contribution < -0.4 is 5.32 Å². The third kappa shape index (κ3) is 10.1. The van der Waals surface area contributed by atoms with Crippen LogP contribution in [0.2, 0.25) is 0 Å². The molecule has 1 unspecified atom stereocenters. The van der Waals surface area contributed by atoms with E-state index >= 15 is 0 Å². The van der Waals surface area contributed by atoms with Crippen molar-refractivity contribution in [3.05, 3.63) is 29.8 Å². The number of rotatable bonds is 8. The van der Waals surface area contributed by atoms with E-state index in [0.29, 0.717) is 0 Å². The van der Waals surface area contributed by atoms with Crippen LogP contribution in [0, 0.1) is 5.92 Å². The molecule has 1 atom stereocenters. The topological polar surface area (TPSA) is 84.9 Å². The monoisotopic (exact) mass is 474 g/mol. The van der Waals surface area contributed by atoms with Gasteiger partial charge in [-0.3, -0.25) is 14.9 Å². The summed E-state index contributed by atoms with van der Waals surface area (Å²) in [5.41, 5.74) is -1.50. The maximum absolute atomic E-state index is 13.2. The molecule has 0 heterocycles. The lowest BCUT2D eigenvalue weighted by atomic mass is 10.0. The lowest BCUT2D eigenvalue weighted by molar-refractivity contribution is -0.161. The zero-order chi connectivity index (χ0) is 25.6. The van der Waals surface area contributed by atoms with Gasteiger partial charge in [0.25, 0.3) is 5.91 Å². The van der Waals surface area contributed by atoms with Crippen LogP contribution in [-0.2, 0) is 25.2 Å². The van der Waals surface area contributed by atoms with Gasteiger partial charge in [-0.1, -0.05) is 13.8 Å². The smallest absolute Gasteiger partial charge is 0.416 e. The van der Waals surface area contributed by atoms with Crippen molar-refractivity contribution in [1.82, 2.24) is 4.90 Å². The second-order valence-corrected chi connectivity index (χ2v) is 9.37. The second kappa shape index (κ2) is 11.4. The molecule has 0 aromatic heterocycles. The number of alkyl halides is 3. The van der Waals surface area contributed by atoms with E-state index in [2.05, 4.69) is 5.32 Å². The molecular formula is C23H33F3N2O5. The maximum atomic E-state index is 13.2. The summed E-state index contributed by atoms with van der Waals surface area (Å²) >= 11 is 0. The Morgan fingerprint density at radius 1 is 1.00 bits per heavy atom. The van der Waals surface area contributed by atoms with Crippen molar-refractivity contribution in [2.75, 3.05) is 11.9 Å². The molecule has 0 aliphatic heterocycles. The minimum Gasteiger partial charge on any atom is -0.459 e. The number of amides is 2. The molecule has 1 rings (SSSR count). The van der Waals surface area contributed by atoms with Gasteiger partial charge in [0, 0.05) is 11.7 Å². The largest absolute Gasteiger partial charge is 0.459 e. The van der Waals surface area contributed by atoms with Gasteiger partial charge in [-0.25, -0.2) is 4.79 Å². The fourth-order valence-corrected chi connectivity index (χ4v) is 2.86. The zero-order valence-corrected chi connectivity index (χ0v) is 20.1. The first kappa shape index (κ1) is 28.3. The Hall–Kier alpha value is -2.78. The van der Waals surface area contributed by atoms with Gasteiger partial charge in [0.05, 0.1) is 5.56 Å². The molecule has 0 fully saturated rings. The normalized spacial score (nSPS) is 13.0. The van der Waals surface area contributed by atoms with Gasteiger partial charge in [-0.15, -0.1) is 0 Å². The molecule has 2 amide bonds. The third-order valence-corrected chi connectivity index (χ3v) is 4.29. The Bertz CT molecular complexity index is 815. The Labute approximate surface area is 192 Å². The van der Waals surface area contributed by atoms with Gasteiger partial charge in [0.15, 0.2) is 6.10 Å². The van der Waals surface area contributed by atoms with Crippen molar-refractivity contribution in [1.29, 1.82) is 0 Å². The van der Waals surface area contributed by atoms with Crippen molar-refractivity contribution in [2.24, 2.45) is 5.92 Å². The zero-order valence-electron chi connectivity index (χ0n) is 20.1. The summed E-state index contributed by atoms with van der Waals surface area (Å²) in [4.78, 5) is 39.1. The summed E-state index contributed by atoms with van der Waals surface area (Å²) in [6.45, 7) is 11.9. The molecule has 33 heavy (non-hydrogen) atoms. The van der Waals surface area contributed by atoms with Crippen LogP contribution in [0.3, 0.4) is 0 Å². The van der Waals surface area contributed by atoms with E-state index in [0.717, 1.165) is 24.3 Å². The number of benzene rings is 1. The maximum Gasteiger partial charge on any atom is 0.416 e. The van der Waals surface area contributed by atoms with Crippen molar-refractivity contribution < 1.29 is 37.0 Å². The molecule has 0 aliphatic carbocycles. The lowest BCUT2D eigenvalue weighted by Gasteiger charge is -2.31. The Morgan fingerprint density at radius 2 is 1.55 bits per heavy atom. The van der Waals surface area contributed by atoms with E-state index in [1.807, 2.05) is 13.8 Å². The van der Waals surface area contributed by atoms with Gasteiger partial charge >= 0.3 is 18.2 Å². The number of hydrogen-bond donors (Lipinski definition) is 1. The lowest BCUT2D eigenvalue weighted by Crippen LogP contribution is -2.48. The van der Waals surface area contributed by atoms with Gasteiger partial charge in [-0.05, 0) is 71.2 Å². The summed E-state index contributed by atoms with van der Waals surface area (Å²) in [7, 11) is 0. The molecule has 0 radical (unpaired) electrons. The highest BCUT2D eigenvalue weighted by Gasteiger charge is 2.33. The van der Waals surface area contributed by atoms with Gasteiger partial charge < -0.3 is 14.4 Å². The highest BCUT2D eigenvalue weighted by atomic mass is 19.4. The molecule has 0 spiro atoms. The summed E-state index contributed by atoms with van der Waals surface area (Å²) in [5.74, 6) is -1.18. The molecule has 7 nitrogen and oxygen atoms in total. The average molecular weight is 475 g/mol. The van der Waals surface area contributed by atoms with Crippen molar-refractivity contribution in [3.8, 4) is 0 Å². The molecule has 0 saturated heterocycles. The van der Waals surface area contributed by atoms with E-state index < -0.39 is 41.4 Å². The first-order chi connectivity index (χ1) is 15.0. The predicted molar refractivity (Wildman–Crippen MR) is 117 cm³/mol. The number of hydrogen-bond acceptors (Lipinski definition) is 5. The summed E-state index contributed by atoms with van der Waals surface area (Å²) in [5, 5.41) is 2.33. The van der Waals surface area contributed by atoms with E-state index in [1.54, 1.807) is 34.6 Å². The van der Waals surface area contributed by atoms with Crippen LogP contribution in [0.5, 0.6) is 0 Å². The second-order valence-electron chi connectivity index (χ2n) is 9.37. The minimum absolute atomic E-state index is 0.0200. The third-order valence-electron chi connectivity index (χ3n) is 4.29. The molecule has 0 bridgehead atoms. The Kier molecular flexibility index (Phi) is 9.74. The van der Waals surface area contributed by atoms with Crippen molar-refractivity contribution in [3.63, 3.8) is 0 Å². The van der Waals surface area contributed by atoms with Crippen LogP contribution >= 0.6 is 0 Å². The first-order valence-corrected chi connectivity index (χ1v) is 10.7. The number of carbonyl (C=O) groups is 3. The molecule has 1 aromatic carbocycles. The molecule has 10 heteroatoms. The molecule has 1 N–H and O–H groups in total. The first-order valence-electron chi connectivity index (χ1n) is 10.7. The quantitative estimate of drug-likeness (QED) is 0.521. The summed E-state index contributed by atoms with van der Waals surface area (Å²) < 4.78 is 48.7. The summed E-state index contributed by atoms with van der Waals surface area (Å²) in [6, 6.07) is 3.46.